The Morgan fingerprint density at radius 2 is 2.00 bits per heavy atom. The smallest absolute Gasteiger partial charge is 0.257 e. The fourth-order valence-corrected chi connectivity index (χ4v) is 3.95. The van der Waals surface area contributed by atoms with Gasteiger partial charge in [-0.05, 0) is 48.9 Å². The van der Waals surface area contributed by atoms with Crippen LogP contribution in [0.1, 0.15) is 34.9 Å². The molecule has 25 heavy (non-hydrogen) atoms. The minimum absolute atomic E-state index is 0.0730. The monoisotopic (exact) mass is 354 g/mol. The van der Waals surface area contributed by atoms with Gasteiger partial charge in [0.1, 0.15) is 6.17 Å². The number of carbonyl (C=O) groups is 1. The summed E-state index contributed by atoms with van der Waals surface area (Å²) in [4.78, 5) is 16.3. The molecule has 4 nitrogen and oxygen atoms in total. The highest BCUT2D eigenvalue weighted by atomic mass is 32.2. The molecule has 2 atom stereocenters. The van der Waals surface area contributed by atoms with E-state index in [1.165, 1.54) is 4.90 Å². The van der Waals surface area contributed by atoms with Gasteiger partial charge in [-0.1, -0.05) is 24.3 Å². The minimum Gasteiger partial charge on any atom is -0.376 e. The van der Waals surface area contributed by atoms with Crippen LogP contribution in [0.15, 0.2) is 53.4 Å². The summed E-state index contributed by atoms with van der Waals surface area (Å²) in [6, 6.07) is 16.2. The van der Waals surface area contributed by atoms with Gasteiger partial charge in [-0.15, -0.1) is 11.8 Å². The van der Waals surface area contributed by atoms with E-state index in [2.05, 4.69) is 35.8 Å². The summed E-state index contributed by atoms with van der Waals surface area (Å²) in [6.07, 6.45) is 4.12. The molecule has 2 aliphatic heterocycles. The maximum Gasteiger partial charge on any atom is 0.257 e. The summed E-state index contributed by atoms with van der Waals surface area (Å²) in [5, 5.41) is 3.55. The summed E-state index contributed by atoms with van der Waals surface area (Å²) in [5.41, 5.74) is 2.73. The van der Waals surface area contributed by atoms with Crippen LogP contribution in [0.25, 0.3) is 0 Å². The van der Waals surface area contributed by atoms with Crippen molar-refractivity contribution in [1.82, 2.24) is 4.90 Å². The Morgan fingerprint density at radius 1 is 1.20 bits per heavy atom. The van der Waals surface area contributed by atoms with E-state index in [-0.39, 0.29) is 18.2 Å². The van der Waals surface area contributed by atoms with E-state index in [9.17, 15) is 4.79 Å². The van der Waals surface area contributed by atoms with Crippen molar-refractivity contribution in [3.05, 3.63) is 59.7 Å². The van der Waals surface area contributed by atoms with Crippen LogP contribution in [0.4, 0.5) is 5.69 Å². The van der Waals surface area contributed by atoms with Gasteiger partial charge in [0.2, 0.25) is 0 Å². The lowest BCUT2D eigenvalue weighted by Crippen LogP contribution is -2.46. The first-order valence-corrected chi connectivity index (χ1v) is 9.91. The SMILES string of the molecule is CSc1ccc(C2Nc3ccccc3C(=O)N2CC2CCCO2)cc1. The number of hydrogen-bond acceptors (Lipinski definition) is 4. The van der Waals surface area contributed by atoms with Crippen LogP contribution < -0.4 is 5.32 Å². The number of amides is 1. The number of anilines is 1. The largest absolute Gasteiger partial charge is 0.376 e. The van der Waals surface area contributed by atoms with Gasteiger partial charge >= 0.3 is 0 Å². The number of fused-ring (bicyclic) bond motifs is 1. The Balaban J connectivity index is 1.68. The average molecular weight is 354 g/mol. The Bertz CT molecular complexity index is 757. The quantitative estimate of drug-likeness (QED) is 0.838. The standard InChI is InChI=1S/C20H22N2O2S/c1-25-16-10-8-14(9-11-16)19-21-18-7-3-2-6-17(18)20(23)22(19)13-15-5-4-12-24-15/h2-3,6-11,15,19,21H,4-5,12-13H2,1H3. The van der Waals surface area contributed by atoms with Crippen molar-refractivity contribution in [1.29, 1.82) is 0 Å². The highest BCUT2D eigenvalue weighted by molar-refractivity contribution is 7.98. The fraction of sp³-hybridized carbons (Fsp3) is 0.350. The van der Waals surface area contributed by atoms with Crippen molar-refractivity contribution in [2.45, 2.75) is 30.0 Å². The van der Waals surface area contributed by atoms with Crippen LogP contribution in [0, 0.1) is 0 Å². The number of hydrogen-bond donors (Lipinski definition) is 1. The summed E-state index contributed by atoms with van der Waals surface area (Å²) in [5.74, 6) is 0.0730. The zero-order valence-electron chi connectivity index (χ0n) is 14.3. The van der Waals surface area contributed by atoms with E-state index in [1.54, 1.807) is 11.8 Å². The van der Waals surface area contributed by atoms with Gasteiger partial charge in [-0.2, -0.15) is 0 Å². The van der Waals surface area contributed by atoms with Crippen molar-refractivity contribution in [3.8, 4) is 0 Å². The lowest BCUT2D eigenvalue weighted by atomic mass is 10.0. The van der Waals surface area contributed by atoms with Gasteiger partial charge in [0.05, 0.1) is 11.7 Å². The molecule has 0 bridgehead atoms. The van der Waals surface area contributed by atoms with Crippen LogP contribution in [0.2, 0.25) is 0 Å². The number of para-hydroxylation sites is 1. The summed E-state index contributed by atoms with van der Waals surface area (Å²) < 4.78 is 5.79. The third-order valence-electron chi connectivity index (χ3n) is 4.88. The minimum atomic E-state index is -0.164. The lowest BCUT2D eigenvalue weighted by molar-refractivity contribution is 0.0427. The molecule has 0 aliphatic carbocycles. The average Bonchev–Trinajstić information content (AvgIpc) is 3.17. The number of rotatable bonds is 4. The summed E-state index contributed by atoms with van der Waals surface area (Å²) >= 11 is 1.72. The lowest BCUT2D eigenvalue weighted by Gasteiger charge is -2.39. The van der Waals surface area contributed by atoms with Gasteiger partial charge in [-0.25, -0.2) is 0 Å². The number of benzene rings is 2. The van der Waals surface area contributed by atoms with Crippen LogP contribution >= 0.6 is 11.8 Å². The van der Waals surface area contributed by atoms with E-state index in [4.69, 9.17) is 4.74 Å². The Morgan fingerprint density at radius 3 is 2.72 bits per heavy atom. The highest BCUT2D eigenvalue weighted by Gasteiger charge is 2.35. The molecule has 0 spiro atoms. The molecule has 4 rings (SSSR count). The molecule has 0 saturated carbocycles. The molecular formula is C20H22N2O2S. The van der Waals surface area contributed by atoms with Crippen molar-refractivity contribution in [3.63, 3.8) is 0 Å². The van der Waals surface area contributed by atoms with E-state index in [0.717, 1.165) is 36.3 Å². The second kappa shape index (κ2) is 7.10. The maximum absolute atomic E-state index is 13.1. The van der Waals surface area contributed by atoms with Crippen molar-refractivity contribution < 1.29 is 9.53 Å². The first-order chi connectivity index (χ1) is 12.3. The molecule has 2 aliphatic rings. The van der Waals surface area contributed by atoms with Gasteiger partial charge in [0.25, 0.3) is 5.91 Å². The van der Waals surface area contributed by atoms with Crippen LogP contribution in [0.5, 0.6) is 0 Å². The summed E-state index contributed by atoms with van der Waals surface area (Å²) in [7, 11) is 0. The van der Waals surface area contributed by atoms with Gasteiger partial charge < -0.3 is 15.0 Å². The van der Waals surface area contributed by atoms with E-state index < -0.39 is 0 Å². The number of nitrogens with one attached hydrogen (secondary N) is 1. The van der Waals surface area contributed by atoms with Gasteiger partial charge in [0, 0.05) is 23.7 Å². The Labute approximate surface area is 152 Å². The predicted octanol–water partition coefficient (Wildman–Crippen LogP) is 4.15. The molecule has 2 heterocycles. The number of ether oxygens (including phenoxy) is 1. The number of nitrogens with zero attached hydrogens (tertiary/aromatic N) is 1. The molecular weight excluding hydrogens is 332 g/mol. The van der Waals surface area contributed by atoms with E-state index in [1.807, 2.05) is 29.2 Å². The molecule has 5 heteroatoms. The number of carbonyl (C=O) groups excluding carboxylic acids is 1. The Kier molecular flexibility index (Phi) is 4.68. The number of thioether (sulfide) groups is 1. The van der Waals surface area contributed by atoms with Crippen molar-refractivity contribution in [2.75, 3.05) is 24.7 Å². The first kappa shape index (κ1) is 16.5. The highest BCUT2D eigenvalue weighted by Crippen LogP contribution is 2.34. The van der Waals surface area contributed by atoms with Crippen LogP contribution in [-0.4, -0.2) is 36.3 Å². The zero-order chi connectivity index (χ0) is 17.2. The van der Waals surface area contributed by atoms with Crippen LogP contribution in [-0.2, 0) is 4.74 Å². The van der Waals surface area contributed by atoms with Crippen molar-refractivity contribution in [2.24, 2.45) is 0 Å². The third-order valence-corrected chi connectivity index (χ3v) is 5.62. The summed E-state index contributed by atoms with van der Waals surface area (Å²) in [6.45, 7) is 1.42. The van der Waals surface area contributed by atoms with Gasteiger partial charge in [0.15, 0.2) is 0 Å². The van der Waals surface area contributed by atoms with Gasteiger partial charge in [-0.3, -0.25) is 4.79 Å². The third kappa shape index (κ3) is 3.26. The molecule has 2 unspecified atom stereocenters. The van der Waals surface area contributed by atoms with E-state index in [0.29, 0.717) is 6.54 Å². The van der Waals surface area contributed by atoms with Crippen LogP contribution in [0.3, 0.4) is 0 Å². The molecule has 0 radical (unpaired) electrons. The fourth-order valence-electron chi connectivity index (χ4n) is 3.54. The molecule has 1 N–H and O–H groups in total. The topological polar surface area (TPSA) is 41.6 Å². The maximum atomic E-state index is 13.1. The molecule has 1 fully saturated rings. The Hall–Kier alpha value is -1.98. The molecule has 2 aromatic rings. The molecule has 1 saturated heterocycles. The normalized spacial score (nSPS) is 22.6. The predicted molar refractivity (Wildman–Crippen MR) is 101 cm³/mol. The molecule has 2 aromatic carbocycles. The molecule has 130 valence electrons. The van der Waals surface area contributed by atoms with Crippen molar-refractivity contribution >= 4 is 23.4 Å². The second-order valence-electron chi connectivity index (χ2n) is 6.46. The first-order valence-electron chi connectivity index (χ1n) is 8.68. The second-order valence-corrected chi connectivity index (χ2v) is 7.34. The zero-order valence-corrected chi connectivity index (χ0v) is 15.1. The molecule has 0 aromatic heterocycles. The van der Waals surface area contributed by atoms with E-state index >= 15 is 0 Å². The molecule has 1 amide bonds.